The fourth-order valence-electron chi connectivity index (χ4n) is 2.81. The summed E-state index contributed by atoms with van der Waals surface area (Å²) < 4.78 is 27.0. The molecule has 2 N–H and O–H groups in total. The number of carbonyl (C=O) groups is 2. The molecular weight excluding hydrogens is 366 g/mol. The number of anilines is 2. The molecule has 2 aromatic rings. The third-order valence-corrected chi connectivity index (χ3v) is 5.71. The maximum Gasteiger partial charge on any atom is 0.241 e. The molecule has 1 aliphatic rings. The third-order valence-electron chi connectivity index (χ3n) is 4.29. The quantitative estimate of drug-likeness (QED) is 0.793. The summed E-state index contributed by atoms with van der Waals surface area (Å²) in [7, 11) is -3.82. The number of amides is 2. The lowest BCUT2D eigenvalue weighted by molar-refractivity contribution is -0.117. The van der Waals surface area contributed by atoms with E-state index < -0.39 is 15.9 Å². The van der Waals surface area contributed by atoms with Crippen LogP contribution in [0.3, 0.4) is 0 Å². The Labute approximate surface area is 158 Å². The van der Waals surface area contributed by atoms with Crippen LogP contribution >= 0.6 is 0 Å². The zero-order valence-corrected chi connectivity index (χ0v) is 15.8. The highest BCUT2D eigenvalue weighted by molar-refractivity contribution is 7.89. The van der Waals surface area contributed by atoms with Crippen molar-refractivity contribution in [3.05, 3.63) is 54.1 Å². The van der Waals surface area contributed by atoms with Gasteiger partial charge in [0.25, 0.3) is 0 Å². The molecule has 0 atom stereocenters. The van der Waals surface area contributed by atoms with Crippen LogP contribution in [-0.2, 0) is 19.6 Å². The van der Waals surface area contributed by atoms with Crippen LogP contribution in [0.5, 0.6) is 0 Å². The number of sulfonamides is 1. The minimum absolute atomic E-state index is 0.0384. The molecule has 1 saturated heterocycles. The van der Waals surface area contributed by atoms with Crippen LogP contribution in [0.4, 0.5) is 11.4 Å². The number of nitrogens with one attached hydrogen (secondary N) is 2. The second kappa shape index (κ2) is 7.89. The Hall–Kier alpha value is -2.71. The van der Waals surface area contributed by atoms with E-state index >= 15 is 0 Å². The van der Waals surface area contributed by atoms with Gasteiger partial charge in [-0.05, 0) is 49.7 Å². The van der Waals surface area contributed by atoms with Crippen molar-refractivity contribution in [2.24, 2.45) is 0 Å². The zero-order chi connectivity index (χ0) is 19.4. The van der Waals surface area contributed by atoms with E-state index in [1.165, 1.54) is 12.1 Å². The molecule has 0 saturated carbocycles. The van der Waals surface area contributed by atoms with Crippen molar-refractivity contribution in [3.8, 4) is 0 Å². The van der Waals surface area contributed by atoms with Crippen molar-refractivity contribution >= 4 is 33.2 Å². The first-order valence-electron chi connectivity index (χ1n) is 8.62. The normalized spacial score (nSPS) is 14.4. The van der Waals surface area contributed by atoms with Crippen molar-refractivity contribution in [2.45, 2.75) is 24.7 Å². The van der Waals surface area contributed by atoms with Crippen molar-refractivity contribution in [3.63, 3.8) is 0 Å². The van der Waals surface area contributed by atoms with Crippen LogP contribution < -0.4 is 14.9 Å². The summed E-state index contributed by atoms with van der Waals surface area (Å²) in [5.74, 6) is -0.418. The first-order chi connectivity index (χ1) is 12.8. The Bertz CT molecular complexity index is 938. The first-order valence-corrected chi connectivity index (χ1v) is 10.1. The van der Waals surface area contributed by atoms with E-state index in [1.807, 2.05) is 19.1 Å². The predicted octanol–water partition coefficient (Wildman–Crippen LogP) is 2.04. The molecular formula is C19H21N3O4S. The van der Waals surface area contributed by atoms with Gasteiger partial charge in [0, 0.05) is 24.3 Å². The van der Waals surface area contributed by atoms with Gasteiger partial charge in [-0.3, -0.25) is 9.59 Å². The maximum atomic E-state index is 12.4. The summed E-state index contributed by atoms with van der Waals surface area (Å²) in [6.07, 6.45) is 1.31. The highest BCUT2D eigenvalue weighted by atomic mass is 32.2. The van der Waals surface area contributed by atoms with Crippen LogP contribution in [0.1, 0.15) is 18.4 Å². The molecule has 2 amide bonds. The lowest BCUT2D eigenvalue weighted by atomic mass is 10.2. The van der Waals surface area contributed by atoms with E-state index in [4.69, 9.17) is 0 Å². The Morgan fingerprint density at radius 1 is 1.07 bits per heavy atom. The molecule has 7 nitrogen and oxygen atoms in total. The fourth-order valence-corrected chi connectivity index (χ4v) is 3.79. The molecule has 0 radical (unpaired) electrons. The van der Waals surface area contributed by atoms with E-state index in [9.17, 15) is 18.0 Å². The third kappa shape index (κ3) is 4.72. The highest BCUT2D eigenvalue weighted by Crippen LogP contribution is 2.22. The second-order valence-corrected chi connectivity index (χ2v) is 8.15. The topological polar surface area (TPSA) is 95.6 Å². The molecule has 3 rings (SSSR count). The van der Waals surface area contributed by atoms with Gasteiger partial charge in [0.2, 0.25) is 21.8 Å². The summed E-state index contributed by atoms with van der Waals surface area (Å²) in [5, 5.41) is 2.63. The lowest BCUT2D eigenvalue weighted by Crippen LogP contribution is -2.33. The predicted molar refractivity (Wildman–Crippen MR) is 103 cm³/mol. The average molecular weight is 387 g/mol. The SMILES string of the molecule is Cc1ccc(NC(=O)CNS(=O)(=O)c2ccc(N3CCCC3=O)cc2)cc1. The second-order valence-electron chi connectivity index (χ2n) is 6.38. The van der Waals surface area contributed by atoms with Gasteiger partial charge in [-0.15, -0.1) is 0 Å². The number of nitrogens with zero attached hydrogens (tertiary/aromatic N) is 1. The molecule has 0 spiro atoms. The Morgan fingerprint density at radius 2 is 1.74 bits per heavy atom. The van der Waals surface area contributed by atoms with Crippen LogP contribution in [0.15, 0.2) is 53.4 Å². The zero-order valence-electron chi connectivity index (χ0n) is 14.9. The minimum Gasteiger partial charge on any atom is -0.325 e. The van der Waals surface area contributed by atoms with Gasteiger partial charge >= 0.3 is 0 Å². The molecule has 142 valence electrons. The Balaban J connectivity index is 1.59. The van der Waals surface area contributed by atoms with Crippen LogP contribution in [0.2, 0.25) is 0 Å². The molecule has 0 aromatic heterocycles. The van der Waals surface area contributed by atoms with E-state index in [-0.39, 0.29) is 17.3 Å². The summed E-state index contributed by atoms with van der Waals surface area (Å²) >= 11 is 0. The standard InChI is InChI=1S/C19H21N3O4S/c1-14-4-6-15(7-5-14)21-18(23)13-20-27(25,26)17-10-8-16(9-11-17)22-12-2-3-19(22)24/h4-11,20H,2-3,12-13H2,1H3,(H,21,23). The van der Waals surface area contributed by atoms with Crippen molar-refractivity contribution in [1.82, 2.24) is 4.72 Å². The monoisotopic (exact) mass is 387 g/mol. The summed E-state index contributed by atoms with van der Waals surface area (Å²) in [6.45, 7) is 2.20. The van der Waals surface area contributed by atoms with E-state index in [0.717, 1.165) is 12.0 Å². The lowest BCUT2D eigenvalue weighted by Gasteiger charge is -2.16. The van der Waals surface area contributed by atoms with Gasteiger partial charge in [-0.2, -0.15) is 0 Å². The van der Waals surface area contributed by atoms with Gasteiger partial charge in [0.1, 0.15) is 0 Å². The molecule has 1 aliphatic heterocycles. The smallest absolute Gasteiger partial charge is 0.241 e. The van der Waals surface area contributed by atoms with Gasteiger partial charge in [0.15, 0.2) is 0 Å². The van der Waals surface area contributed by atoms with Crippen molar-refractivity contribution in [1.29, 1.82) is 0 Å². The molecule has 8 heteroatoms. The Kier molecular flexibility index (Phi) is 5.57. The molecule has 1 fully saturated rings. The summed E-state index contributed by atoms with van der Waals surface area (Å²) in [5.41, 5.74) is 2.34. The molecule has 0 unspecified atom stereocenters. The molecule has 0 bridgehead atoms. The Morgan fingerprint density at radius 3 is 2.33 bits per heavy atom. The maximum absolute atomic E-state index is 12.4. The fraction of sp³-hybridized carbons (Fsp3) is 0.263. The van der Waals surface area contributed by atoms with Gasteiger partial charge in [-0.1, -0.05) is 17.7 Å². The van der Waals surface area contributed by atoms with Gasteiger partial charge in [0.05, 0.1) is 11.4 Å². The molecule has 0 aliphatic carbocycles. The van der Waals surface area contributed by atoms with Crippen LogP contribution in [0.25, 0.3) is 0 Å². The van der Waals surface area contributed by atoms with Crippen LogP contribution in [0, 0.1) is 6.92 Å². The van der Waals surface area contributed by atoms with Crippen LogP contribution in [-0.4, -0.2) is 33.3 Å². The molecule has 2 aromatic carbocycles. The largest absolute Gasteiger partial charge is 0.325 e. The van der Waals surface area contributed by atoms with Crippen molar-refractivity contribution in [2.75, 3.05) is 23.3 Å². The van der Waals surface area contributed by atoms with E-state index in [0.29, 0.717) is 24.3 Å². The van der Waals surface area contributed by atoms with Gasteiger partial charge < -0.3 is 10.2 Å². The van der Waals surface area contributed by atoms with E-state index in [2.05, 4.69) is 10.0 Å². The highest BCUT2D eigenvalue weighted by Gasteiger charge is 2.22. The number of hydrogen-bond acceptors (Lipinski definition) is 4. The number of carbonyl (C=O) groups excluding carboxylic acids is 2. The summed E-state index contributed by atoms with van der Waals surface area (Å²) in [6, 6.07) is 13.3. The average Bonchev–Trinajstić information content (AvgIpc) is 3.08. The molecule has 27 heavy (non-hydrogen) atoms. The molecule has 1 heterocycles. The van der Waals surface area contributed by atoms with E-state index in [1.54, 1.807) is 29.2 Å². The first kappa shape index (κ1) is 19.1. The number of hydrogen-bond donors (Lipinski definition) is 2. The minimum atomic E-state index is -3.82. The van der Waals surface area contributed by atoms with Gasteiger partial charge in [-0.25, -0.2) is 13.1 Å². The number of rotatable bonds is 6. The number of aryl methyl sites for hydroxylation is 1. The van der Waals surface area contributed by atoms with Crippen molar-refractivity contribution < 1.29 is 18.0 Å². The summed E-state index contributed by atoms with van der Waals surface area (Å²) in [4.78, 5) is 25.4. The number of benzene rings is 2.